The van der Waals surface area contributed by atoms with Crippen molar-refractivity contribution >= 4 is 5.91 Å². The lowest BCUT2D eigenvalue weighted by Crippen LogP contribution is -2.33. The molecule has 2 aromatic rings. The summed E-state index contributed by atoms with van der Waals surface area (Å²) in [7, 11) is 0. The van der Waals surface area contributed by atoms with Gasteiger partial charge in [0.05, 0.1) is 0 Å². The van der Waals surface area contributed by atoms with E-state index in [1.54, 1.807) is 0 Å². The van der Waals surface area contributed by atoms with Crippen molar-refractivity contribution in [1.82, 2.24) is 10.6 Å². The van der Waals surface area contributed by atoms with Crippen LogP contribution in [0.3, 0.4) is 0 Å². The first-order chi connectivity index (χ1) is 13.1. The minimum Gasteiger partial charge on any atom is -0.489 e. The molecule has 1 unspecified atom stereocenters. The van der Waals surface area contributed by atoms with Gasteiger partial charge in [0, 0.05) is 12.5 Å². The van der Waals surface area contributed by atoms with E-state index in [-0.39, 0.29) is 11.8 Å². The quantitative estimate of drug-likeness (QED) is 0.824. The van der Waals surface area contributed by atoms with Crippen LogP contribution in [0.25, 0.3) is 0 Å². The second-order valence-electron chi connectivity index (χ2n) is 8.01. The van der Waals surface area contributed by atoms with Gasteiger partial charge in [0.15, 0.2) is 0 Å². The van der Waals surface area contributed by atoms with E-state index in [4.69, 9.17) is 4.74 Å². The van der Waals surface area contributed by atoms with Crippen molar-refractivity contribution in [3.63, 3.8) is 0 Å². The Labute approximate surface area is 161 Å². The lowest BCUT2D eigenvalue weighted by molar-refractivity contribution is -0.123. The molecule has 1 atom stereocenters. The van der Waals surface area contributed by atoms with Crippen molar-refractivity contribution in [2.75, 3.05) is 13.1 Å². The van der Waals surface area contributed by atoms with Crippen molar-refractivity contribution < 1.29 is 9.53 Å². The predicted molar refractivity (Wildman–Crippen MR) is 106 cm³/mol. The molecule has 2 aromatic carbocycles. The first kappa shape index (κ1) is 18.1. The van der Waals surface area contributed by atoms with Crippen LogP contribution < -0.4 is 15.4 Å². The predicted octanol–water partition coefficient (Wildman–Crippen LogP) is 3.58. The lowest BCUT2D eigenvalue weighted by Gasteiger charge is -2.23. The van der Waals surface area contributed by atoms with Gasteiger partial charge < -0.3 is 15.4 Å². The number of piperidine rings is 1. The Kier molecular flexibility index (Phi) is 5.17. The highest BCUT2D eigenvalue weighted by Crippen LogP contribution is 2.58. The van der Waals surface area contributed by atoms with E-state index in [9.17, 15) is 4.79 Å². The summed E-state index contributed by atoms with van der Waals surface area (Å²) in [5.74, 6) is 1.29. The fraction of sp³-hybridized carbons (Fsp3) is 0.435. The van der Waals surface area contributed by atoms with Gasteiger partial charge in [-0.25, -0.2) is 0 Å². The first-order valence-electron chi connectivity index (χ1n) is 9.90. The molecule has 4 nitrogen and oxygen atoms in total. The summed E-state index contributed by atoms with van der Waals surface area (Å²) >= 11 is 0. The smallest absolute Gasteiger partial charge is 0.223 e. The molecule has 1 aliphatic heterocycles. The highest BCUT2D eigenvalue weighted by molar-refractivity contribution is 5.82. The molecule has 4 heteroatoms. The summed E-state index contributed by atoms with van der Waals surface area (Å²) in [6, 6.07) is 16.3. The summed E-state index contributed by atoms with van der Waals surface area (Å²) in [5, 5.41) is 6.50. The Morgan fingerprint density at radius 2 is 1.93 bits per heavy atom. The maximum absolute atomic E-state index is 12.4. The molecule has 1 aliphatic carbocycles. The third-order valence-corrected chi connectivity index (χ3v) is 5.98. The lowest BCUT2D eigenvalue weighted by atomic mass is 9.92. The van der Waals surface area contributed by atoms with Crippen molar-refractivity contribution in [3.05, 3.63) is 65.2 Å². The van der Waals surface area contributed by atoms with Crippen molar-refractivity contribution in [1.29, 1.82) is 0 Å². The molecule has 0 aromatic heterocycles. The third-order valence-electron chi connectivity index (χ3n) is 5.98. The number of rotatable bonds is 6. The zero-order valence-corrected chi connectivity index (χ0v) is 16.0. The molecule has 0 bridgehead atoms. The Morgan fingerprint density at radius 1 is 1.15 bits per heavy atom. The Hall–Kier alpha value is -2.33. The average Bonchev–Trinajstić information content (AvgIpc) is 3.39. The average molecular weight is 364 g/mol. The molecule has 1 saturated carbocycles. The number of amides is 1. The molecule has 0 radical (unpaired) electrons. The SMILES string of the molecule is Cc1cccc(COc2ccc(CNC(=O)C3CC34CCNCC4)cc2)c1. The number of benzene rings is 2. The van der Waals surface area contributed by atoms with Crippen molar-refractivity contribution in [3.8, 4) is 5.75 Å². The van der Waals surface area contributed by atoms with Crippen molar-refractivity contribution in [2.24, 2.45) is 11.3 Å². The van der Waals surface area contributed by atoms with Crippen LogP contribution in [0.2, 0.25) is 0 Å². The van der Waals surface area contributed by atoms with Crippen LogP contribution in [0.5, 0.6) is 5.75 Å². The molecule has 1 spiro atoms. The first-order valence-corrected chi connectivity index (χ1v) is 9.90. The second kappa shape index (κ2) is 7.73. The number of carbonyl (C=O) groups excluding carboxylic acids is 1. The molecule has 1 amide bonds. The Morgan fingerprint density at radius 3 is 2.67 bits per heavy atom. The molecule has 2 N–H and O–H groups in total. The van der Waals surface area contributed by atoms with Gasteiger partial charge in [-0.3, -0.25) is 4.79 Å². The zero-order valence-electron chi connectivity index (χ0n) is 16.0. The summed E-state index contributed by atoms with van der Waals surface area (Å²) in [6.45, 7) is 5.33. The molecule has 1 saturated heterocycles. The number of aryl methyl sites for hydroxylation is 1. The summed E-state index contributed by atoms with van der Waals surface area (Å²) in [5.41, 5.74) is 3.81. The van der Waals surface area contributed by atoms with E-state index in [0.717, 1.165) is 43.7 Å². The number of hydrogen-bond acceptors (Lipinski definition) is 3. The van der Waals surface area contributed by atoms with Gasteiger partial charge in [-0.05, 0) is 68.0 Å². The Bertz CT molecular complexity index is 794. The van der Waals surface area contributed by atoms with Crippen LogP contribution in [-0.4, -0.2) is 19.0 Å². The molecular weight excluding hydrogens is 336 g/mol. The minimum atomic E-state index is 0.219. The Balaban J connectivity index is 1.24. The normalized spacial score (nSPS) is 20.3. The van der Waals surface area contributed by atoms with E-state index in [2.05, 4.69) is 35.8 Å². The molecule has 4 rings (SSSR count). The topological polar surface area (TPSA) is 50.4 Å². The van der Waals surface area contributed by atoms with Crippen LogP contribution in [0.4, 0.5) is 0 Å². The summed E-state index contributed by atoms with van der Waals surface area (Å²) < 4.78 is 5.86. The molecule has 27 heavy (non-hydrogen) atoms. The standard InChI is InChI=1S/C23H28N2O2/c1-17-3-2-4-19(13-17)16-27-20-7-5-18(6-8-20)15-25-22(26)21-14-23(21)9-11-24-12-10-23/h2-8,13,21,24H,9-12,14-16H2,1H3,(H,25,26). The third kappa shape index (κ3) is 4.33. The maximum Gasteiger partial charge on any atom is 0.223 e. The van der Waals surface area contributed by atoms with Crippen LogP contribution in [-0.2, 0) is 17.9 Å². The van der Waals surface area contributed by atoms with E-state index in [1.807, 2.05) is 30.3 Å². The summed E-state index contributed by atoms with van der Waals surface area (Å²) in [4.78, 5) is 12.4. The van der Waals surface area contributed by atoms with Crippen LogP contribution >= 0.6 is 0 Å². The van der Waals surface area contributed by atoms with E-state index < -0.39 is 0 Å². The van der Waals surface area contributed by atoms with Crippen LogP contribution in [0.15, 0.2) is 48.5 Å². The van der Waals surface area contributed by atoms with Gasteiger partial charge in [0.25, 0.3) is 0 Å². The van der Waals surface area contributed by atoms with E-state index in [0.29, 0.717) is 18.6 Å². The molecule has 142 valence electrons. The minimum absolute atomic E-state index is 0.219. The number of ether oxygens (including phenoxy) is 1. The van der Waals surface area contributed by atoms with Gasteiger partial charge in [0.2, 0.25) is 5.91 Å². The van der Waals surface area contributed by atoms with Crippen molar-refractivity contribution in [2.45, 2.75) is 39.3 Å². The second-order valence-corrected chi connectivity index (χ2v) is 8.01. The zero-order chi connectivity index (χ0) is 18.7. The van der Waals surface area contributed by atoms with E-state index in [1.165, 1.54) is 11.1 Å². The van der Waals surface area contributed by atoms with Gasteiger partial charge in [-0.15, -0.1) is 0 Å². The molecular formula is C23H28N2O2. The molecule has 2 fully saturated rings. The fourth-order valence-corrected chi connectivity index (χ4v) is 4.18. The number of nitrogens with one attached hydrogen (secondary N) is 2. The van der Waals surface area contributed by atoms with Gasteiger partial charge in [0.1, 0.15) is 12.4 Å². The molecule has 2 aliphatic rings. The largest absolute Gasteiger partial charge is 0.489 e. The van der Waals surface area contributed by atoms with E-state index >= 15 is 0 Å². The number of hydrogen-bond donors (Lipinski definition) is 2. The summed E-state index contributed by atoms with van der Waals surface area (Å²) in [6.07, 6.45) is 3.34. The highest BCUT2D eigenvalue weighted by Gasteiger charge is 2.57. The van der Waals surface area contributed by atoms with Gasteiger partial charge in [-0.1, -0.05) is 42.0 Å². The maximum atomic E-state index is 12.4. The highest BCUT2D eigenvalue weighted by atomic mass is 16.5. The number of carbonyl (C=O) groups is 1. The van der Waals surface area contributed by atoms with Crippen LogP contribution in [0.1, 0.15) is 36.0 Å². The monoisotopic (exact) mass is 364 g/mol. The van der Waals surface area contributed by atoms with Gasteiger partial charge in [-0.2, -0.15) is 0 Å². The molecule has 1 heterocycles. The van der Waals surface area contributed by atoms with Crippen LogP contribution in [0, 0.1) is 18.3 Å². The fourth-order valence-electron chi connectivity index (χ4n) is 4.18. The van der Waals surface area contributed by atoms with Gasteiger partial charge >= 0.3 is 0 Å².